The summed E-state index contributed by atoms with van der Waals surface area (Å²) in [5.41, 5.74) is -0.209. The highest BCUT2D eigenvalue weighted by molar-refractivity contribution is 4.91. The van der Waals surface area contributed by atoms with E-state index in [9.17, 15) is 0 Å². The lowest BCUT2D eigenvalue weighted by Gasteiger charge is -2.21. The number of aliphatic hydroxyl groups is 1. The minimum atomic E-state index is -0.209. The minimum absolute atomic E-state index is 0.209. The van der Waals surface area contributed by atoms with Gasteiger partial charge in [0.15, 0.2) is 0 Å². The Morgan fingerprint density at radius 1 is 1.20 bits per heavy atom. The fraction of sp³-hybridized carbons (Fsp3) is 0.917. The first kappa shape index (κ1) is 14.4. The van der Waals surface area contributed by atoms with Crippen molar-refractivity contribution in [2.24, 2.45) is 5.41 Å². The van der Waals surface area contributed by atoms with Gasteiger partial charge in [0, 0.05) is 6.61 Å². The van der Waals surface area contributed by atoms with E-state index in [1.807, 2.05) is 13.8 Å². The molecule has 0 atom stereocenters. The average molecular weight is 212 g/mol. The van der Waals surface area contributed by atoms with Crippen LogP contribution in [0.4, 0.5) is 0 Å². The molecule has 15 heavy (non-hydrogen) atoms. The van der Waals surface area contributed by atoms with E-state index in [1.54, 1.807) is 0 Å². The lowest BCUT2D eigenvalue weighted by atomic mass is 9.91. The maximum absolute atomic E-state index is 8.86. The monoisotopic (exact) mass is 212 g/mol. The first-order valence-corrected chi connectivity index (χ1v) is 5.72. The molecule has 0 amide bonds. The Hall–Kier alpha value is -0.590. The van der Waals surface area contributed by atoms with Crippen LogP contribution in [-0.4, -0.2) is 36.8 Å². The van der Waals surface area contributed by atoms with Gasteiger partial charge in [0.2, 0.25) is 0 Å². The van der Waals surface area contributed by atoms with E-state index in [4.69, 9.17) is 10.4 Å². The summed E-state index contributed by atoms with van der Waals surface area (Å²) in [6.07, 6.45) is 4.03. The molecule has 0 aliphatic carbocycles. The van der Waals surface area contributed by atoms with Gasteiger partial charge >= 0.3 is 0 Å². The molecule has 0 fully saturated rings. The summed E-state index contributed by atoms with van der Waals surface area (Å²) in [6, 6.07) is 2.31. The molecule has 0 aromatic carbocycles. The third-order valence-corrected chi connectivity index (χ3v) is 2.62. The highest BCUT2D eigenvalue weighted by Crippen LogP contribution is 2.18. The second-order valence-corrected chi connectivity index (χ2v) is 4.83. The smallest absolute Gasteiger partial charge is 0.0684 e. The summed E-state index contributed by atoms with van der Waals surface area (Å²) >= 11 is 0. The molecule has 0 aliphatic rings. The maximum atomic E-state index is 8.86. The van der Waals surface area contributed by atoms with Crippen LogP contribution >= 0.6 is 0 Å². The second-order valence-electron chi connectivity index (χ2n) is 4.83. The van der Waals surface area contributed by atoms with Crippen molar-refractivity contribution < 1.29 is 5.11 Å². The molecule has 0 saturated carbocycles. The molecule has 0 rings (SSSR count). The van der Waals surface area contributed by atoms with Gasteiger partial charge in [-0.15, -0.1) is 0 Å². The van der Waals surface area contributed by atoms with Crippen molar-refractivity contribution in [1.82, 2.24) is 4.90 Å². The van der Waals surface area contributed by atoms with Crippen LogP contribution in [0.15, 0.2) is 0 Å². The van der Waals surface area contributed by atoms with Gasteiger partial charge in [-0.1, -0.05) is 0 Å². The molecule has 88 valence electrons. The predicted molar refractivity (Wildman–Crippen MR) is 62.4 cm³/mol. The first-order chi connectivity index (χ1) is 7.02. The molecule has 0 unspecified atom stereocenters. The molecule has 3 nitrogen and oxygen atoms in total. The van der Waals surface area contributed by atoms with Gasteiger partial charge < -0.3 is 10.0 Å². The van der Waals surface area contributed by atoms with Crippen LogP contribution < -0.4 is 0 Å². The Bertz CT molecular complexity index is 196. The third kappa shape index (κ3) is 8.41. The zero-order valence-corrected chi connectivity index (χ0v) is 10.3. The highest BCUT2D eigenvalue weighted by Gasteiger charge is 2.16. The molecule has 0 aromatic rings. The largest absolute Gasteiger partial charge is 0.396 e. The van der Waals surface area contributed by atoms with Gasteiger partial charge in [0.05, 0.1) is 11.5 Å². The van der Waals surface area contributed by atoms with Gasteiger partial charge in [-0.2, -0.15) is 5.26 Å². The number of nitriles is 1. The number of unbranched alkanes of at least 4 members (excludes halogenated alkanes) is 2. The van der Waals surface area contributed by atoms with Crippen LogP contribution in [0.5, 0.6) is 0 Å². The van der Waals surface area contributed by atoms with E-state index in [-0.39, 0.29) is 5.41 Å². The maximum Gasteiger partial charge on any atom is 0.0684 e. The Morgan fingerprint density at radius 3 is 2.40 bits per heavy atom. The molecule has 0 bridgehead atoms. The quantitative estimate of drug-likeness (QED) is 0.626. The molecule has 0 saturated heterocycles. The topological polar surface area (TPSA) is 47.3 Å². The molecule has 0 aromatic heterocycles. The summed E-state index contributed by atoms with van der Waals surface area (Å²) in [6.45, 7) is 6.28. The Labute approximate surface area is 93.7 Å². The van der Waals surface area contributed by atoms with E-state index >= 15 is 0 Å². The molecular weight excluding hydrogens is 188 g/mol. The lowest BCUT2D eigenvalue weighted by Crippen LogP contribution is -2.25. The van der Waals surface area contributed by atoms with E-state index in [0.29, 0.717) is 6.61 Å². The van der Waals surface area contributed by atoms with Crippen molar-refractivity contribution in [2.45, 2.75) is 39.5 Å². The van der Waals surface area contributed by atoms with Gasteiger partial charge in [0.1, 0.15) is 0 Å². The van der Waals surface area contributed by atoms with Gasteiger partial charge in [0.25, 0.3) is 0 Å². The molecule has 0 heterocycles. The number of hydrogen-bond donors (Lipinski definition) is 1. The van der Waals surface area contributed by atoms with E-state index in [1.165, 1.54) is 0 Å². The molecule has 0 spiro atoms. The molecule has 3 heteroatoms. The predicted octanol–water partition coefficient (Wildman–Crippen LogP) is 2.02. The zero-order valence-electron chi connectivity index (χ0n) is 10.3. The number of rotatable bonds is 8. The van der Waals surface area contributed by atoms with Crippen LogP contribution in [0.3, 0.4) is 0 Å². The van der Waals surface area contributed by atoms with E-state index in [2.05, 4.69) is 18.0 Å². The number of aliphatic hydroxyl groups excluding tert-OH is 1. The van der Waals surface area contributed by atoms with Crippen molar-refractivity contribution in [3.63, 3.8) is 0 Å². The van der Waals surface area contributed by atoms with Crippen LogP contribution in [0.1, 0.15) is 39.5 Å². The van der Waals surface area contributed by atoms with Crippen molar-refractivity contribution in [3.05, 3.63) is 0 Å². The van der Waals surface area contributed by atoms with Crippen molar-refractivity contribution in [3.8, 4) is 6.07 Å². The van der Waals surface area contributed by atoms with Crippen LogP contribution in [0.25, 0.3) is 0 Å². The van der Waals surface area contributed by atoms with Crippen molar-refractivity contribution >= 4 is 0 Å². The fourth-order valence-electron chi connectivity index (χ4n) is 1.31. The summed E-state index contributed by atoms with van der Waals surface area (Å²) in [5.74, 6) is 0. The SMILES string of the molecule is CN(CCCCCO)CCC(C)(C)C#N. The van der Waals surface area contributed by atoms with Gasteiger partial charge in [-0.25, -0.2) is 0 Å². The zero-order chi connectivity index (χ0) is 11.7. The number of hydrogen-bond acceptors (Lipinski definition) is 3. The van der Waals surface area contributed by atoms with E-state index in [0.717, 1.165) is 38.8 Å². The van der Waals surface area contributed by atoms with Crippen LogP contribution in [0.2, 0.25) is 0 Å². The summed E-state index contributed by atoms with van der Waals surface area (Å²) < 4.78 is 0. The van der Waals surface area contributed by atoms with Crippen LogP contribution in [-0.2, 0) is 0 Å². The van der Waals surface area contributed by atoms with Gasteiger partial charge in [-0.3, -0.25) is 0 Å². The minimum Gasteiger partial charge on any atom is -0.396 e. The average Bonchev–Trinajstić information content (AvgIpc) is 2.22. The Morgan fingerprint density at radius 2 is 1.87 bits per heavy atom. The molecule has 0 aliphatic heterocycles. The summed E-state index contributed by atoms with van der Waals surface area (Å²) in [7, 11) is 2.09. The standard InChI is InChI=1S/C12H24N2O/c1-12(2,11-13)7-9-14(3)8-5-4-6-10-15/h15H,4-10H2,1-3H3. The number of nitrogens with zero attached hydrogens (tertiary/aromatic N) is 2. The molecule has 1 N–H and O–H groups in total. The summed E-state index contributed by atoms with van der Waals surface area (Å²) in [4.78, 5) is 2.26. The van der Waals surface area contributed by atoms with Crippen LogP contribution in [0, 0.1) is 16.7 Å². The van der Waals surface area contributed by atoms with E-state index < -0.39 is 0 Å². The Kier molecular flexibility index (Phi) is 7.37. The molecule has 0 radical (unpaired) electrons. The highest BCUT2D eigenvalue weighted by atomic mass is 16.2. The normalized spacial score (nSPS) is 11.7. The molecular formula is C12H24N2O. The second kappa shape index (κ2) is 7.67. The first-order valence-electron chi connectivity index (χ1n) is 5.72. The lowest BCUT2D eigenvalue weighted by molar-refractivity contribution is 0.262. The summed E-state index contributed by atoms with van der Waals surface area (Å²) in [5, 5.41) is 17.5. The third-order valence-electron chi connectivity index (χ3n) is 2.62. The Balaban J connectivity index is 3.50. The van der Waals surface area contributed by atoms with Crippen molar-refractivity contribution in [2.75, 3.05) is 26.7 Å². The van der Waals surface area contributed by atoms with Gasteiger partial charge in [-0.05, 0) is 59.7 Å². The fourth-order valence-corrected chi connectivity index (χ4v) is 1.31. The van der Waals surface area contributed by atoms with Crippen molar-refractivity contribution in [1.29, 1.82) is 5.26 Å².